The van der Waals surface area contributed by atoms with E-state index in [9.17, 15) is 0 Å². The fraction of sp³-hybridized carbons (Fsp3) is 0.0417. The molecule has 0 N–H and O–H groups in total. The van der Waals surface area contributed by atoms with E-state index in [4.69, 9.17) is 8.83 Å². The Morgan fingerprint density at radius 3 is 2.00 bits per heavy atom. The monoisotopic (exact) mass is 666 g/mol. The molecule has 0 fully saturated rings. The van der Waals surface area contributed by atoms with Crippen LogP contribution in [0.4, 0.5) is 0 Å². The van der Waals surface area contributed by atoms with Crippen LogP contribution in [0.25, 0.3) is 105 Å². The lowest BCUT2D eigenvalue weighted by atomic mass is 10.00. The van der Waals surface area contributed by atoms with Gasteiger partial charge in [0.2, 0.25) is 0 Å². The van der Waals surface area contributed by atoms with Gasteiger partial charge in [0.25, 0.3) is 0 Å². The van der Waals surface area contributed by atoms with E-state index in [0.29, 0.717) is 0 Å². The molecule has 0 amide bonds. The van der Waals surface area contributed by atoms with Crippen LogP contribution in [0, 0.1) is 0 Å². The fourth-order valence-electron chi connectivity index (χ4n) is 8.99. The molecule has 1 aliphatic rings. The predicted octanol–water partition coefficient (Wildman–Crippen LogP) is 13.2. The molecule has 0 bridgehead atoms. The van der Waals surface area contributed by atoms with Crippen LogP contribution in [0.5, 0.6) is 0 Å². The van der Waals surface area contributed by atoms with Gasteiger partial charge in [-0.1, -0.05) is 91.0 Å². The fourth-order valence-corrected chi connectivity index (χ4v) is 8.99. The molecule has 12 rings (SSSR count). The summed E-state index contributed by atoms with van der Waals surface area (Å²) >= 11 is 0. The first kappa shape index (κ1) is 28.0. The Bertz CT molecular complexity index is 3310. The van der Waals surface area contributed by atoms with Crippen LogP contribution in [0.15, 0.2) is 161 Å². The standard InChI is InChI=1S/C48H30N2O2/c1-6-19-38(50-40-21-8-3-18-37(40)46-42(50)27-25-35-33-16-5-10-23-44(33)52-48(35)46)31(14-1)29-12-11-13-30(28-29)49-39-20-7-2-17-36(39)45-41(49)26-24-34-32-15-4-9-22-43(32)51-47(34)45/h1-4,6-15,17-28H,5,16H2. The Labute approximate surface area is 298 Å². The SMILES string of the molecule is C1=Cc2oc3c(ccc4c3c3ccccc3n4-c3ccccc3-c3cccc(-n4c5ccccc5c5c6oc7ccccc7c6ccc54)c3)c2CC1. The first-order chi connectivity index (χ1) is 25.8. The van der Waals surface area contributed by atoms with Gasteiger partial charge in [0.15, 0.2) is 0 Å². The molecule has 0 saturated heterocycles. The van der Waals surface area contributed by atoms with Gasteiger partial charge in [0, 0.05) is 43.7 Å². The molecule has 244 valence electrons. The van der Waals surface area contributed by atoms with Crippen molar-refractivity contribution in [1.29, 1.82) is 0 Å². The summed E-state index contributed by atoms with van der Waals surface area (Å²) in [6, 6.07) is 52.4. The van der Waals surface area contributed by atoms with Crippen molar-refractivity contribution in [1.82, 2.24) is 9.13 Å². The molecule has 0 aliphatic heterocycles. The number of hydrogen-bond donors (Lipinski definition) is 0. The van der Waals surface area contributed by atoms with Crippen molar-refractivity contribution in [2.45, 2.75) is 12.8 Å². The number of aromatic nitrogens is 2. The minimum atomic E-state index is 0.912. The molecule has 4 aromatic heterocycles. The van der Waals surface area contributed by atoms with Crippen molar-refractivity contribution in [3.05, 3.63) is 163 Å². The number of hydrogen-bond acceptors (Lipinski definition) is 2. The van der Waals surface area contributed by atoms with Crippen LogP contribution in [0.2, 0.25) is 0 Å². The van der Waals surface area contributed by atoms with Crippen molar-refractivity contribution >= 4 is 82.6 Å². The summed E-state index contributed by atoms with van der Waals surface area (Å²) in [7, 11) is 0. The highest BCUT2D eigenvalue weighted by atomic mass is 16.3. The van der Waals surface area contributed by atoms with Crippen LogP contribution >= 0.6 is 0 Å². The lowest BCUT2D eigenvalue weighted by Crippen LogP contribution is -1.98. The second-order valence-electron chi connectivity index (χ2n) is 13.9. The molecule has 1 aliphatic carbocycles. The highest BCUT2D eigenvalue weighted by Gasteiger charge is 2.23. The van der Waals surface area contributed by atoms with E-state index in [1.807, 2.05) is 6.07 Å². The summed E-state index contributed by atoms with van der Waals surface area (Å²) in [5.74, 6) is 0.994. The summed E-state index contributed by atoms with van der Waals surface area (Å²) < 4.78 is 18.0. The second kappa shape index (κ2) is 10.4. The summed E-state index contributed by atoms with van der Waals surface area (Å²) in [6.07, 6.45) is 6.42. The average Bonchev–Trinajstić information content (AvgIpc) is 3.95. The van der Waals surface area contributed by atoms with Crippen LogP contribution in [-0.2, 0) is 6.42 Å². The van der Waals surface area contributed by atoms with E-state index in [0.717, 1.165) is 96.1 Å². The van der Waals surface area contributed by atoms with E-state index in [-0.39, 0.29) is 0 Å². The molecule has 11 aromatic rings. The smallest absolute Gasteiger partial charge is 0.145 e. The summed E-state index contributed by atoms with van der Waals surface area (Å²) in [5, 5.41) is 8.20. The number of fused-ring (bicyclic) bond motifs is 14. The number of benzene rings is 7. The first-order valence-corrected chi connectivity index (χ1v) is 18.0. The van der Waals surface area contributed by atoms with Gasteiger partial charge in [0.05, 0.1) is 38.5 Å². The third-order valence-electron chi connectivity index (χ3n) is 11.2. The number of nitrogens with zero attached hydrogens (tertiary/aromatic N) is 2. The van der Waals surface area contributed by atoms with Gasteiger partial charge < -0.3 is 18.0 Å². The summed E-state index contributed by atoms with van der Waals surface area (Å²) in [5.41, 5.74) is 13.3. The van der Waals surface area contributed by atoms with Gasteiger partial charge in [-0.3, -0.25) is 0 Å². The van der Waals surface area contributed by atoms with Crippen molar-refractivity contribution in [2.75, 3.05) is 0 Å². The zero-order chi connectivity index (χ0) is 33.9. The van der Waals surface area contributed by atoms with E-state index in [2.05, 4.69) is 161 Å². The Balaban J connectivity index is 1.09. The number of aryl methyl sites for hydroxylation is 1. The van der Waals surface area contributed by atoms with Crippen molar-refractivity contribution in [3.8, 4) is 22.5 Å². The molecule has 0 unspecified atom stereocenters. The molecule has 4 heteroatoms. The molecule has 4 nitrogen and oxygen atoms in total. The first-order valence-electron chi connectivity index (χ1n) is 18.0. The maximum absolute atomic E-state index is 6.64. The van der Waals surface area contributed by atoms with Gasteiger partial charge >= 0.3 is 0 Å². The summed E-state index contributed by atoms with van der Waals surface area (Å²) in [6.45, 7) is 0. The Kier molecular flexibility index (Phi) is 5.58. The highest BCUT2D eigenvalue weighted by molar-refractivity contribution is 6.24. The minimum absolute atomic E-state index is 0.912. The minimum Gasteiger partial charge on any atom is -0.456 e. The number of rotatable bonds is 3. The van der Waals surface area contributed by atoms with Crippen LogP contribution in [0.1, 0.15) is 17.7 Å². The predicted molar refractivity (Wildman–Crippen MR) is 215 cm³/mol. The molecule has 52 heavy (non-hydrogen) atoms. The van der Waals surface area contributed by atoms with E-state index < -0.39 is 0 Å². The largest absolute Gasteiger partial charge is 0.456 e. The zero-order valence-electron chi connectivity index (χ0n) is 28.1. The molecule has 0 atom stereocenters. The van der Waals surface area contributed by atoms with Crippen molar-refractivity contribution < 1.29 is 8.83 Å². The van der Waals surface area contributed by atoms with Gasteiger partial charge in [-0.05, 0) is 85.1 Å². The molecule has 0 saturated carbocycles. The third kappa shape index (κ3) is 3.70. The third-order valence-corrected chi connectivity index (χ3v) is 11.2. The van der Waals surface area contributed by atoms with E-state index >= 15 is 0 Å². The van der Waals surface area contributed by atoms with Gasteiger partial charge in [-0.2, -0.15) is 0 Å². The Morgan fingerprint density at radius 2 is 1.15 bits per heavy atom. The van der Waals surface area contributed by atoms with Crippen LogP contribution in [0.3, 0.4) is 0 Å². The van der Waals surface area contributed by atoms with Gasteiger partial charge in [-0.25, -0.2) is 0 Å². The normalized spacial score (nSPS) is 13.2. The van der Waals surface area contributed by atoms with Crippen molar-refractivity contribution in [2.24, 2.45) is 0 Å². The van der Waals surface area contributed by atoms with E-state index in [1.165, 1.54) is 27.1 Å². The average molecular weight is 667 g/mol. The van der Waals surface area contributed by atoms with Gasteiger partial charge in [0.1, 0.15) is 22.5 Å². The molecule has 0 radical (unpaired) electrons. The molecular weight excluding hydrogens is 637 g/mol. The molecule has 7 aromatic carbocycles. The number of para-hydroxylation sites is 4. The van der Waals surface area contributed by atoms with Crippen molar-refractivity contribution in [3.63, 3.8) is 0 Å². The lowest BCUT2D eigenvalue weighted by Gasteiger charge is -2.15. The second-order valence-corrected chi connectivity index (χ2v) is 13.9. The highest BCUT2D eigenvalue weighted by Crippen LogP contribution is 2.44. The topological polar surface area (TPSA) is 36.1 Å². The Hall–Kier alpha value is -6.78. The lowest BCUT2D eigenvalue weighted by molar-refractivity contribution is 0.598. The molecular formula is C48H30N2O2. The Morgan fingerprint density at radius 1 is 0.481 bits per heavy atom. The van der Waals surface area contributed by atoms with Crippen LogP contribution in [-0.4, -0.2) is 9.13 Å². The quantitative estimate of drug-likeness (QED) is 0.188. The number of furan rings is 2. The van der Waals surface area contributed by atoms with Gasteiger partial charge in [-0.15, -0.1) is 0 Å². The maximum Gasteiger partial charge on any atom is 0.145 e. The summed E-state index contributed by atoms with van der Waals surface area (Å²) in [4.78, 5) is 0. The van der Waals surface area contributed by atoms with Crippen LogP contribution < -0.4 is 0 Å². The maximum atomic E-state index is 6.64. The zero-order valence-corrected chi connectivity index (χ0v) is 28.1. The number of allylic oxidation sites excluding steroid dienone is 1. The van der Waals surface area contributed by atoms with E-state index in [1.54, 1.807) is 0 Å². The molecule has 4 heterocycles. The molecule has 0 spiro atoms.